The number of ether oxygens (including phenoxy) is 5. The van der Waals surface area contributed by atoms with Gasteiger partial charge in [0.25, 0.3) is 11.2 Å². The van der Waals surface area contributed by atoms with Crippen molar-refractivity contribution in [2.45, 2.75) is 107 Å². The fraction of sp³-hybridized carbons (Fsp3) is 0.452. The van der Waals surface area contributed by atoms with Crippen LogP contribution < -0.4 is 0 Å². The Bertz CT molecular complexity index is 1860. The third-order valence-corrected chi connectivity index (χ3v) is 10.0. The molecule has 1 aliphatic heterocycles. The van der Waals surface area contributed by atoms with Gasteiger partial charge in [0, 0.05) is 44.6 Å². The second kappa shape index (κ2) is 18.6. The highest BCUT2D eigenvalue weighted by Crippen LogP contribution is 2.46. The topological polar surface area (TPSA) is 111 Å². The molecule has 1 fully saturated rings. The molecule has 1 aromatic heterocycles. The van der Waals surface area contributed by atoms with Crippen molar-refractivity contribution in [2.24, 2.45) is 0 Å². The standard InChI is InChI=1S/C42H46F6O9/c1-28(13-12-14-30-22-24-54-27-30)25-33(55-36(50)39(52-4,41(43,44)45)31-15-8-6-9-16-31)26-29(2)19-20-34(38(3)23-21-35(49)57-38)56-37(51)40(53-5,42(46,47)48)32-17-10-7-11-18-32/h6-11,13,15-18,22,24,26-27,33-34H,12,14,19-21,23,25H2,1-5H3/b28-13+,29-26+/t33-,34+,38-,39+,40-/m0/s1. The van der Waals surface area contributed by atoms with Gasteiger partial charge in [-0.1, -0.05) is 77.9 Å². The number of hydrogen-bond donors (Lipinski definition) is 0. The van der Waals surface area contributed by atoms with E-state index in [9.17, 15) is 40.7 Å². The van der Waals surface area contributed by atoms with Crippen molar-refractivity contribution in [3.05, 3.63) is 119 Å². The second-order valence-electron chi connectivity index (χ2n) is 14.1. The van der Waals surface area contributed by atoms with Crippen molar-refractivity contribution in [2.75, 3.05) is 14.2 Å². The van der Waals surface area contributed by atoms with Gasteiger partial charge in [0.2, 0.25) is 0 Å². The predicted octanol–water partition coefficient (Wildman–Crippen LogP) is 9.40. The summed E-state index contributed by atoms with van der Waals surface area (Å²) < 4.78 is 120. The summed E-state index contributed by atoms with van der Waals surface area (Å²) in [6.45, 7) is 4.74. The zero-order chi connectivity index (χ0) is 42.1. The van der Waals surface area contributed by atoms with Gasteiger partial charge >= 0.3 is 30.3 Å². The number of benzene rings is 2. The van der Waals surface area contributed by atoms with Crippen LogP contribution in [0.1, 0.15) is 76.0 Å². The number of alkyl halides is 6. The highest BCUT2D eigenvalue weighted by Gasteiger charge is 2.66. The van der Waals surface area contributed by atoms with Crippen LogP contribution in [-0.4, -0.2) is 62.3 Å². The highest BCUT2D eigenvalue weighted by atomic mass is 19.4. The minimum Gasteiger partial charge on any atom is -0.472 e. The van der Waals surface area contributed by atoms with Crippen LogP contribution in [0.15, 0.2) is 107 Å². The number of halogens is 6. The van der Waals surface area contributed by atoms with Crippen molar-refractivity contribution in [3.8, 4) is 0 Å². The molecule has 15 heteroatoms. The Balaban J connectivity index is 1.66. The lowest BCUT2D eigenvalue weighted by Crippen LogP contribution is -2.54. The number of cyclic esters (lactones) is 1. The number of aryl methyl sites for hydroxylation is 1. The molecular formula is C42H46F6O9. The SMILES string of the molecule is CO[C@](C(=O)O[C@H](CC/C(C)=C/[C@H](C/C(C)=C/CCc1ccoc1)OC(=O)[C@](OC)(c1ccccc1)C(F)(F)F)[C@]1(C)CCC(=O)O1)(c1ccccc1)C(F)(F)F. The number of allylic oxidation sites excluding steroid dienone is 2. The van der Waals surface area contributed by atoms with E-state index in [0.29, 0.717) is 24.0 Å². The summed E-state index contributed by atoms with van der Waals surface area (Å²) >= 11 is 0. The minimum absolute atomic E-state index is 0.0168. The number of esters is 3. The van der Waals surface area contributed by atoms with Gasteiger partial charge in [0.1, 0.15) is 17.8 Å². The fourth-order valence-electron chi connectivity index (χ4n) is 6.85. The molecule has 1 saturated heterocycles. The van der Waals surface area contributed by atoms with E-state index in [4.69, 9.17) is 28.1 Å². The Morgan fingerprint density at radius 1 is 0.825 bits per heavy atom. The Labute approximate surface area is 326 Å². The molecule has 5 atom stereocenters. The summed E-state index contributed by atoms with van der Waals surface area (Å²) in [5.74, 6) is -4.15. The second-order valence-corrected chi connectivity index (χ2v) is 14.1. The molecule has 9 nitrogen and oxygen atoms in total. The molecule has 0 N–H and O–H groups in total. The minimum atomic E-state index is -5.28. The zero-order valence-electron chi connectivity index (χ0n) is 32.2. The van der Waals surface area contributed by atoms with Crippen LogP contribution >= 0.6 is 0 Å². The monoisotopic (exact) mass is 808 g/mol. The molecule has 1 aliphatic rings. The van der Waals surface area contributed by atoms with Crippen LogP contribution in [0.2, 0.25) is 0 Å². The lowest BCUT2D eigenvalue weighted by atomic mass is 9.89. The van der Waals surface area contributed by atoms with E-state index in [1.54, 1.807) is 26.2 Å². The normalized spacial score (nSPS) is 19.9. The lowest BCUT2D eigenvalue weighted by Gasteiger charge is -2.37. The summed E-state index contributed by atoms with van der Waals surface area (Å²) in [6, 6.07) is 14.3. The van der Waals surface area contributed by atoms with E-state index in [1.165, 1.54) is 55.7 Å². The van der Waals surface area contributed by atoms with Gasteiger partial charge in [0.05, 0.1) is 12.5 Å². The quantitative estimate of drug-likeness (QED) is 0.0537. The van der Waals surface area contributed by atoms with Gasteiger partial charge in [-0.3, -0.25) is 4.79 Å². The number of methoxy groups -OCH3 is 2. The first-order chi connectivity index (χ1) is 26.8. The van der Waals surface area contributed by atoms with E-state index >= 15 is 0 Å². The Kier molecular flexibility index (Phi) is 14.6. The molecule has 4 rings (SSSR count). The highest BCUT2D eigenvalue weighted by molar-refractivity contribution is 5.83. The van der Waals surface area contributed by atoms with Crippen LogP contribution in [0.4, 0.5) is 26.3 Å². The lowest BCUT2D eigenvalue weighted by molar-refractivity contribution is -0.281. The van der Waals surface area contributed by atoms with Crippen LogP contribution in [-0.2, 0) is 55.7 Å². The molecule has 57 heavy (non-hydrogen) atoms. The molecule has 0 saturated carbocycles. The third-order valence-electron chi connectivity index (χ3n) is 10.0. The molecule has 0 aliphatic carbocycles. The molecule has 2 heterocycles. The van der Waals surface area contributed by atoms with Crippen molar-refractivity contribution >= 4 is 17.9 Å². The van der Waals surface area contributed by atoms with Gasteiger partial charge in [-0.05, 0) is 64.2 Å². The Hall–Kier alpha value is -4.89. The molecular weight excluding hydrogens is 762 g/mol. The zero-order valence-corrected chi connectivity index (χ0v) is 32.2. The maximum Gasteiger partial charge on any atom is 0.432 e. The average molecular weight is 809 g/mol. The Morgan fingerprint density at radius 2 is 1.37 bits per heavy atom. The smallest absolute Gasteiger partial charge is 0.432 e. The average Bonchev–Trinajstić information content (AvgIpc) is 3.80. The molecule has 3 aromatic rings. The summed E-state index contributed by atoms with van der Waals surface area (Å²) in [6.07, 6.45) is -6.03. The van der Waals surface area contributed by atoms with Crippen LogP contribution in [0.5, 0.6) is 0 Å². The summed E-state index contributed by atoms with van der Waals surface area (Å²) in [4.78, 5) is 39.7. The van der Waals surface area contributed by atoms with Crippen LogP contribution in [0.25, 0.3) is 0 Å². The van der Waals surface area contributed by atoms with Crippen molar-refractivity contribution in [3.63, 3.8) is 0 Å². The summed E-state index contributed by atoms with van der Waals surface area (Å²) in [5, 5.41) is 0. The van der Waals surface area contributed by atoms with Gasteiger partial charge in [-0.25, -0.2) is 9.59 Å². The molecule has 0 bridgehead atoms. The van der Waals surface area contributed by atoms with E-state index in [0.717, 1.165) is 44.0 Å². The fourth-order valence-corrected chi connectivity index (χ4v) is 6.85. The maximum atomic E-state index is 14.8. The van der Waals surface area contributed by atoms with Crippen LogP contribution in [0, 0.1) is 0 Å². The molecule has 0 unspecified atom stereocenters. The number of rotatable bonds is 18. The molecule has 0 spiro atoms. The van der Waals surface area contributed by atoms with Gasteiger partial charge in [0.15, 0.2) is 0 Å². The first-order valence-electron chi connectivity index (χ1n) is 18.2. The van der Waals surface area contributed by atoms with E-state index in [1.807, 2.05) is 6.08 Å². The molecule has 2 aromatic carbocycles. The van der Waals surface area contributed by atoms with E-state index in [-0.39, 0.29) is 32.1 Å². The number of hydrogen-bond acceptors (Lipinski definition) is 9. The molecule has 0 amide bonds. The summed E-state index contributed by atoms with van der Waals surface area (Å²) in [7, 11) is 1.48. The largest absolute Gasteiger partial charge is 0.472 e. The molecule has 0 radical (unpaired) electrons. The predicted molar refractivity (Wildman–Crippen MR) is 194 cm³/mol. The van der Waals surface area contributed by atoms with Crippen molar-refractivity contribution in [1.82, 2.24) is 0 Å². The van der Waals surface area contributed by atoms with Gasteiger partial charge in [-0.2, -0.15) is 26.3 Å². The number of carbonyl (C=O) groups excluding carboxylic acids is 3. The molecule has 310 valence electrons. The third kappa shape index (κ3) is 10.2. The first kappa shape index (κ1) is 44.8. The van der Waals surface area contributed by atoms with Gasteiger partial charge in [-0.15, -0.1) is 0 Å². The van der Waals surface area contributed by atoms with Gasteiger partial charge < -0.3 is 28.1 Å². The van der Waals surface area contributed by atoms with Crippen LogP contribution in [0.3, 0.4) is 0 Å². The first-order valence-corrected chi connectivity index (χ1v) is 18.2. The van der Waals surface area contributed by atoms with Crippen molar-refractivity contribution in [1.29, 1.82) is 0 Å². The van der Waals surface area contributed by atoms with E-state index < -0.39 is 70.4 Å². The number of furan rings is 1. The Morgan fingerprint density at radius 3 is 1.82 bits per heavy atom. The number of carbonyl (C=O) groups is 3. The summed E-state index contributed by atoms with van der Waals surface area (Å²) in [5.41, 5.74) is -7.55. The van der Waals surface area contributed by atoms with E-state index in [2.05, 4.69) is 0 Å². The van der Waals surface area contributed by atoms with Crippen molar-refractivity contribution < 1.29 is 68.8 Å². The maximum absolute atomic E-state index is 14.8.